The number of ether oxygens (including phenoxy) is 2. The van der Waals surface area contributed by atoms with Crippen molar-refractivity contribution in [1.29, 1.82) is 0 Å². The molecule has 0 amide bonds. The molecular weight excluding hydrogens is 242 g/mol. The Morgan fingerprint density at radius 3 is 2.58 bits per heavy atom. The van der Waals surface area contributed by atoms with E-state index in [-0.39, 0.29) is 0 Å². The lowest BCUT2D eigenvalue weighted by Crippen LogP contribution is -2.15. The molecule has 5 nitrogen and oxygen atoms in total. The van der Waals surface area contributed by atoms with Gasteiger partial charge in [-0.1, -0.05) is 6.07 Å². The first kappa shape index (κ1) is 11.8. The molecule has 0 atom stereocenters. The Balaban J connectivity index is 2.00. The van der Waals surface area contributed by atoms with Crippen LogP contribution in [0.15, 0.2) is 30.3 Å². The van der Waals surface area contributed by atoms with E-state index in [1.54, 1.807) is 0 Å². The molecule has 19 heavy (non-hydrogen) atoms. The lowest BCUT2D eigenvalue weighted by atomic mass is 10.1. The molecular formula is C14H15N3O2. The molecule has 3 rings (SSSR count). The summed E-state index contributed by atoms with van der Waals surface area (Å²) in [6, 6.07) is 9.55. The topological polar surface area (TPSA) is 83.4 Å². The molecule has 0 bridgehead atoms. The third-order valence-corrected chi connectivity index (χ3v) is 3.07. The van der Waals surface area contributed by atoms with E-state index in [0.29, 0.717) is 25.6 Å². The Morgan fingerprint density at radius 2 is 1.84 bits per heavy atom. The molecule has 1 aromatic heterocycles. The van der Waals surface area contributed by atoms with Crippen molar-refractivity contribution >= 4 is 5.82 Å². The first-order valence-corrected chi connectivity index (χ1v) is 6.13. The van der Waals surface area contributed by atoms with Gasteiger partial charge in [-0.3, -0.25) is 0 Å². The summed E-state index contributed by atoms with van der Waals surface area (Å²) in [5.41, 5.74) is 14.0. The maximum absolute atomic E-state index is 5.86. The zero-order valence-electron chi connectivity index (χ0n) is 10.4. The molecule has 4 N–H and O–H groups in total. The van der Waals surface area contributed by atoms with Gasteiger partial charge in [0.1, 0.15) is 19.0 Å². The van der Waals surface area contributed by atoms with Crippen LogP contribution in [0.5, 0.6) is 11.5 Å². The molecule has 0 saturated heterocycles. The predicted octanol–water partition coefficient (Wildman–Crippen LogP) is 1.56. The van der Waals surface area contributed by atoms with Gasteiger partial charge in [0.05, 0.1) is 5.69 Å². The molecule has 2 heterocycles. The van der Waals surface area contributed by atoms with Gasteiger partial charge in [-0.15, -0.1) is 0 Å². The Kier molecular flexibility index (Phi) is 2.97. The Bertz CT molecular complexity index is 614. The molecule has 5 heteroatoms. The van der Waals surface area contributed by atoms with E-state index in [4.69, 9.17) is 20.9 Å². The highest BCUT2D eigenvalue weighted by atomic mass is 16.6. The third kappa shape index (κ3) is 2.20. The van der Waals surface area contributed by atoms with E-state index in [2.05, 4.69) is 4.98 Å². The van der Waals surface area contributed by atoms with Crippen LogP contribution >= 0.6 is 0 Å². The second-order valence-corrected chi connectivity index (χ2v) is 4.30. The average molecular weight is 257 g/mol. The second-order valence-electron chi connectivity index (χ2n) is 4.30. The molecule has 0 fully saturated rings. The lowest BCUT2D eigenvalue weighted by molar-refractivity contribution is 0.171. The number of nitrogens with zero attached hydrogens (tertiary/aromatic N) is 1. The number of aromatic nitrogens is 1. The van der Waals surface area contributed by atoms with E-state index in [9.17, 15) is 0 Å². The van der Waals surface area contributed by atoms with Gasteiger partial charge in [0, 0.05) is 17.7 Å². The maximum Gasteiger partial charge on any atom is 0.162 e. The van der Waals surface area contributed by atoms with Gasteiger partial charge in [-0.05, 0) is 24.3 Å². The summed E-state index contributed by atoms with van der Waals surface area (Å²) in [5, 5.41) is 0. The number of rotatable bonds is 2. The van der Waals surface area contributed by atoms with E-state index in [0.717, 1.165) is 28.3 Å². The zero-order valence-corrected chi connectivity index (χ0v) is 10.4. The predicted molar refractivity (Wildman–Crippen MR) is 73.0 cm³/mol. The minimum Gasteiger partial charge on any atom is -0.486 e. The van der Waals surface area contributed by atoms with Gasteiger partial charge in [0.2, 0.25) is 0 Å². The van der Waals surface area contributed by atoms with Crippen molar-refractivity contribution in [3.8, 4) is 22.8 Å². The molecule has 0 saturated carbocycles. The lowest BCUT2D eigenvalue weighted by Gasteiger charge is -2.18. The summed E-state index contributed by atoms with van der Waals surface area (Å²) < 4.78 is 11.0. The molecule has 0 aliphatic carbocycles. The van der Waals surface area contributed by atoms with Gasteiger partial charge >= 0.3 is 0 Å². The number of hydrogen-bond acceptors (Lipinski definition) is 5. The Labute approximate surface area is 111 Å². The first-order chi connectivity index (χ1) is 9.28. The van der Waals surface area contributed by atoms with Crippen molar-refractivity contribution in [2.45, 2.75) is 6.54 Å². The van der Waals surface area contributed by atoms with Gasteiger partial charge in [0.15, 0.2) is 11.5 Å². The van der Waals surface area contributed by atoms with Crippen molar-refractivity contribution in [2.75, 3.05) is 18.9 Å². The first-order valence-electron chi connectivity index (χ1n) is 6.13. The fourth-order valence-corrected chi connectivity index (χ4v) is 2.04. The number of hydrogen-bond donors (Lipinski definition) is 2. The van der Waals surface area contributed by atoms with Crippen molar-refractivity contribution in [3.63, 3.8) is 0 Å². The normalized spacial score (nSPS) is 13.3. The summed E-state index contributed by atoms with van der Waals surface area (Å²) in [6.07, 6.45) is 0. The summed E-state index contributed by atoms with van der Waals surface area (Å²) in [6.45, 7) is 1.54. The second kappa shape index (κ2) is 4.78. The van der Waals surface area contributed by atoms with Crippen LogP contribution in [0.2, 0.25) is 0 Å². The van der Waals surface area contributed by atoms with Gasteiger partial charge < -0.3 is 20.9 Å². The fourth-order valence-electron chi connectivity index (χ4n) is 2.04. The quantitative estimate of drug-likeness (QED) is 0.853. The van der Waals surface area contributed by atoms with Crippen molar-refractivity contribution < 1.29 is 9.47 Å². The minimum absolute atomic E-state index is 0.389. The zero-order chi connectivity index (χ0) is 13.2. The van der Waals surface area contributed by atoms with E-state index < -0.39 is 0 Å². The third-order valence-electron chi connectivity index (χ3n) is 3.07. The molecule has 1 aliphatic heterocycles. The van der Waals surface area contributed by atoms with Gasteiger partial charge in [-0.2, -0.15) is 0 Å². The molecule has 1 aromatic carbocycles. The van der Waals surface area contributed by atoms with E-state index in [1.807, 2.05) is 30.3 Å². The fraction of sp³-hybridized carbons (Fsp3) is 0.214. The number of pyridine rings is 1. The Morgan fingerprint density at radius 1 is 1.05 bits per heavy atom. The van der Waals surface area contributed by atoms with Crippen molar-refractivity contribution in [1.82, 2.24) is 4.98 Å². The average Bonchev–Trinajstić information content (AvgIpc) is 2.46. The standard InChI is InChI=1S/C14H15N3O2/c15-8-10-1-3-11(17-14(10)16)9-2-4-12-13(7-9)19-6-5-18-12/h1-4,7H,5-6,8,15H2,(H2,16,17). The molecule has 2 aromatic rings. The van der Waals surface area contributed by atoms with E-state index in [1.165, 1.54) is 0 Å². The number of nitrogen functional groups attached to an aromatic ring is 1. The highest BCUT2D eigenvalue weighted by Crippen LogP contribution is 2.34. The van der Waals surface area contributed by atoms with Crippen LogP contribution in [0.3, 0.4) is 0 Å². The van der Waals surface area contributed by atoms with Crippen LogP contribution in [-0.2, 0) is 6.54 Å². The van der Waals surface area contributed by atoms with Crippen LogP contribution < -0.4 is 20.9 Å². The van der Waals surface area contributed by atoms with Gasteiger partial charge in [-0.25, -0.2) is 4.98 Å². The van der Waals surface area contributed by atoms with Gasteiger partial charge in [0.25, 0.3) is 0 Å². The highest BCUT2D eigenvalue weighted by Gasteiger charge is 2.13. The molecule has 0 radical (unpaired) electrons. The molecule has 0 spiro atoms. The molecule has 1 aliphatic rings. The summed E-state index contributed by atoms with van der Waals surface area (Å²) in [4.78, 5) is 4.36. The Hall–Kier alpha value is -2.27. The maximum atomic E-state index is 5.86. The summed E-state index contributed by atoms with van der Waals surface area (Å²) >= 11 is 0. The smallest absolute Gasteiger partial charge is 0.162 e. The summed E-state index contributed by atoms with van der Waals surface area (Å²) in [7, 11) is 0. The van der Waals surface area contributed by atoms with Crippen LogP contribution in [0, 0.1) is 0 Å². The SMILES string of the molecule is NCc1ccc(-c2ccc3c(c2)OCCO3)nc1N. The van der Waals surface area contributed by atoms with Crippen LogP contribution in [-0.4, -0.2) is 18.2 Å². The number of nitrogens with two attached hydrogens (primary N) is 2. The summed E-state index contributed by atoms with van der Waals surface area (Å²) in [5.74, 6) is 1.98. The highest BCUT2D eigenvalue weighted by molar-refractivity contribution is 5.66. The number of anilines is 1. The van der Waals surface area contributed by atoms with Crippen LogP contribution in [0.25, 0.3) is 11.3 Å². The van der Waals surface area contributed by atoms with Crippen molar-refractivity contribution in [2.24, 2.45) is 5.73 Å². The van der Waals surface area contributed by atoms with Crippen LogP contribution in [0.4, 0.5) is 5.82 Å². The molecule has 0 unspecified atom stereocenters. The number of benzene rings is 1. The van der Waals surface area contributed by atoms with Crippen molar-refractivity contribution in [3.05, 3.63) is 35.9 Å². The van der Waals surface area contributed by atoms with E-state index >= 15 is 0 Å². The largest absolute Gasteiger partial charge is 0.486 e. The minimum atomic E-state index is 0.389. The monoisotopic (exact) mass is 257 g/mol. The van der Waals surface area contributed by atoms with Crippen LogP contribution in [0.1, 0.15) is 5.56 Å². The number of fused-ring (bicyclic) bond motifs is 1. The molecule has 98 valence electrons.